The van der Waals surface area contributed by atoms with E-state index in [9.17, 15) is 4.79 Å². The average molecular weight is 277 g/mol. The normalized spacial score (nSPS) is 15.3. The van der Waals surface area contributed by atoms with Crippen molar-refractivity contribution in [2.45, 2.75) is 26.7 Å². The molecular formula is C16H23NO3. The molecule has 0 aromatic heterocycles. The van der Waals surface area contributed by atoms with Gasteiger partial charge >= 0.3 is 0 Å². The van der Waals surface area contributed by atoms with Crippen molar-refractivity contribution < 1.29 is 14.3 Å². The highest BCUT2D eigenvalue weighted by molar-refractivity contribution is 5.98. The van der Waals surface area contributed by atoms with Gasteiger partial charge in [0.05, 0.1) is 19.8 Å². The van der Waals surface area contributed by atoms with E-state index in [2.05, 4.69) is 4.90 Å². The highest BCUT2D eigenvalue weighted by Gasteiger charge is 2.17. The lowest BCUT2D eigenvalue weighted by atomic mass is 10.1. The van der Waals surface area contributed by atoms with Crippen LogP contribution in [0.2, 0.25) is 0 Å². The van der Waals surface area contributed by atoms with Gasteiger partial charge in [0.1, 0.15) is 0 Å². The molecule has 0 unspecified atom stereocenters. The van der Waals surface area contributed by atoms with E-state index in [4.69, 9.17) is 9.47 Å². The second-order valence-corrected chi connectivity index (χ2v) is 4.93. The second kappa shape index (κ2) is 7.29. The van der Waals surface area contributed by atoms with Crippen LogP contribution in [-0.4, -0.2) is 43.5 Å². The second-order valence-electron chi connectivity index (χ2n) is 4.93. The molecule has 2 rings (SSSR count). The Morgan fingerprint density at radius 3 is 2.40 bits per heavy atom. The molecular weight excluding hydrogens is 254 g/mol. The van der Waals surface area contributed by atoms with E-state index >= 15 is 0 Å². The molecule has 0 saturated carbocycles. The molecule has 0 N–H and O–H groups in total. The molecule has 0 radical (unpaired) electrons. The summed E-state index contributed by atoms with van der Waals surface area (Å²) in [5.74, 6) is 1.50. The van der Waals surface area contributed by atoms with E-state index in [0.717, 1.165) is 13.1 Å². The summed E-state index contributed by atoms with van der Waals surface area (Å²) in [4.78, 5) is 14.5. The summed E-state index contributed by atoms with van der Waals surface area (Å²) in [5, 5.41) is 0. The van der Waals surface area contributed by atoms with Crippen molar-refractivity contribution in [2.24, 2.45) is 0 Å². The summed E-state index contributed by atoms with van der Waals surface area (Å²) in [6, 6.07) is 5.45. The van der Waals surface area contributed by atoms with Gasteiger partial charge in [0.2, 0.25) is 0 Å². The Morgan fingerprint density at radius 2 is 1.75 bits per heavy atom. The fourth-order valence-corrected chi connectivity index (χ4v) is 2.46. The quantitative estimate of drug-likeness (QED) is 0.718. The predicted molar refractivity (Wildman–Crippen MR) is 78.8 cm³/mol. The first-order valence-electron chi connectivity index (χ1n) is 7.39. The molecule has 0 amide bonds. The Balaban J connectivity index is 2.10. The van der Waals surface area contributed by atoms with Crippen molar-refractivity contribution in [3.63, 3.8) is 0 Å². The maximum absolute atomic E-state index is 12.3. The zero-order valence-corrected chi connectivity index (χ0v) is 12.4. The maximum atomic E-state index is 12.3. The predicted octanol–water partition coefficient (Wildman–Crippen LogP) is 2.76. The van der Waals surface area contributed by atoms with Crippen LogP contribution in [0, 0.1) is 0 Å². The molecule has 4 heteroatoms. The summed E-state index contributed by atoms with van der Waals surface area (Å²) >= 11 is 0. The summed E-state index contributed by atoms with van der Waals surface area (Å²) in [6.07, 6.45) is 2.39. The van der Waals surface area contributed by atoms with E-state index in [-0.39, 0.29) is 5.78 Å². The summed E-state index contributed by atoms with van der Waals surface area (Å²) in [5.41, 5.74) is 0.698. The highest BCUT2D eigenvalue weighted by Crippen LogP contribution is 2.28. The minimum atomic E-state index is 0.149. The zero-order chi connectivity index (χ0) is 14.4. The Morgan fingerprint density at radius 1 is 1.10 bits per heavy atom. The van der Waals surface area contributed by atoms with E-state index in [1.807, 2.05) is 26.0 Å². The molecule has 20 heavy (non-hydrogen) atoms. The third kappa shape index (κ3) is 3.73. The third-order valence-corrected chi connectivity index (χ3v) is 3.43. The first kappa shape index (κ1) is 14.9. The molecule has 0 atom stereocenters. The maximum Gasteiger partial charge on any atom is 0.176 e. The summed E-state index contributed by atoms with van der Waals surface area (Å²) < 4.78 is 11.1. The van der Waals surface area contributed by atoms with Gasteiger partial charge in [-0.2, -0.15) is 0 Å². The lowest BCUT2D eigenvalue weighted by Crippen LogP contribution is -2.26. The van der Waals surface area contributed by atoms with Crippen LogP contribution in [0.25, 0.3) is 0 Å². The third-order valence-electron chi connectivity index (χ3n) is 3.43. The monoisotopic (exact) mass is 277 g/mol. The smallest absolute Gasteiger partial charge is 0.176 e. The highest BCUT2D eigenvalue weighted by atomic mass is 16.5. The van der Waals surface area contributed by atoms with Crippen LogP contribution in [0.5, 0.6) is 11.5 Å². The van der Waals surface area contributed by atoms with Crippen molar-refractivity contribution in [3.05, 3.63) is 23.8 Å². The standard InChI is InChI=1S/C16H23NO3/c1-3-19-15-8-7-13(11-16(15)20-4-2)14(18)12-17-9-5-6-10-17/h7-8,11H,3-6,9-10,12H2,1-2H3. The number of hydrogen-bond donors (Lipinski definition) is 0. The van der Waals surface area contributed by atoms with Crippen LogP contribution in [-0.2, 0) is 0 Å². The largest absolute Gasteiger partial charge is 0.490 e. The van der Waals surface area contributed by atoms with Gasteiger partial charge in [0.15, 0.2) is 17.3 Å². The van der Waals surface area contributed by atoms with Crippen LogP contribution < -0.4 is 9.47 Å². The van der Waals surface area contributed by atoms with Crippen LogP contribution in [0.1, 0.15) is 37.0 Å². The van der Waals surface area contributed by atoms with Crippen molar-refractivity contribution in [2.75, 3.05) is 32.8 Å². The van der Waals surface area contributed by atoms with Crippen LogP contribution in [0.4, 0.5) is 0 Å². The molecule has 1 heterocycles. The van der Waals surface area contributed by atoms with Gasteiger partial charge in [-0.1, -0.05) is 0 Å². The summed E-state index contributed by atoms with van der Waals surface area (Å²) in [7, 11) is 0. The van der Waals surface area contributed by atoms with Crippen LogP contribution >= 0.6 is 0 Å². The number of carbonyl (C=O) groups is 1. The molecule has 1 aromatic rings. The molecule has 1 saturated heterocycles. The molecule has 4 nitrogen and oxygen atoms in total. The van der Waals surface area contributed by atoms with Gasteiger partial charge in [0, 0.05) is 5.56 Å². The number of ketones is 1. The molecule has 0 aliphatic carbocycles. The molecule has 1 aromatic carbocycles. The SMILES string of the molecule is CCOc1ccc(C(=O)CN2CCCC2)cc1OCC. The van der Waals surface area contributed by atoms with Gasteiger partial charge < -0.3 is 9.47 Å². The Labute approximate surface area is 120 Å². The number of benzene rings is 1. The van der Waals surface area contributed by atoms with E-state index in [1.165, 1.54) is 12.8 Å². The van der Waals surface area contributed by atoms with Crippen molar-refractivity contribution in [3.8, 4) is 11.5 Å². The topological polar surface area (TPSA) is 38.8 Å². The lowest BCUT2D eigenvalue weighted by molar-refractivity contribution is 0.0945. The van der Waals surface area contributed by atoms with Crippen molar-refractivity contribution >= 4 is 5.78 Å². The average Bonchev–Trinajstić information content (AvgIpc) is 2.94. The fraction of sp³-hybridized carbons (Fsp3) is 0.562. The molecule has 0 bridgehead atoms. The van der Waals surface area contributed by atoms with Crippen LogP contribution in [0.3, 0.4) is 0 Å². The van der Waals surface area contributed by atoms with Gasteiger partial charge in [-0.25, -0.2) is 0 Å². The number of likely N-dealkylation sites (tertiary alicyclic amines) is 1. The lowest BCUT2D eigenvalue weighted by Gasteiger charge is -2.15. The Bertz CT molecular complexity index is 453. The first-order chi connectivity index (χ1) is 9.74. The first-order valence-corrected chi connectivity index (χ1v) is 7.39. The van der Waals surface area contributed by atoms with E-state index in [0.29, 0.717) is 36.8 Å². The Hall–Kier alpha value is -1.55. The number of carbonyl (C=O) groups excluding carboxylic acids is 1. The number of rotatable bonds is 7. The number of nitrogens with zero attached hydrogens (tertiary/aromatic N) is 1. The van der Waals surface area contributed by atoms with Gasteiger partial charge in [0.25, 0.3) is 0 Å². The Kier molecular flexibility index (Phi) is 5.41. The van der Waals surface area contributed by atoms with E-state index < -0.39 is 0 Å². The van der Waals surface area contributed by atoms with Gasteiger partial charge in [-0.3, -0.25) is 9.69 Å². The fourth-order valence-electron chi connectivity index (χ4n) is 2.46. The van der Waals surface area contributed by atoms with Crippen molar-refractivity contribution in [1.29, 1.82) is 0 Å². The molecule has 110 valence electrons. The molecule has 1 fully saturated rings. The van der Waals surface area contributed by atoms with Gasteiger partial charge in [-0.05, 0) is 58.0 Å². The molecule has 1 aliphatic heterocycles. The molecule has 1 aliphatic rings. The number of ether oxygens (including phenoxy) is 2. The van der Waals surface area contributed by atoms with Gasteiger partial charge in [-0.15, -0.1) is 0 Å². The minimum Gasteiger partial charge on any atom is -0.490 e. The van der Waals surface area contributed by atoms with Crippen LogP contribution in [0.15, 0.2) is 18.2 Å². The minimum absolute atomic E-state index is 0.149. The number of Topliss-reactive ketones (excluding diaryl/α,β-unsaturated/α-hetero) is 1. The number of hydrogen-bond acceptors (Lipinski definition) is 4. The van der Waals surface area contributed by atoms with E-state index in [1.54, 1.807) is 6.07 Å². The summed E-state index contributed by atoms with van der Waals surface area (Å²) in [6.45, 7) is 7.56. The molecule has 0 spiro atoms. The van der Waals surface area contributed by atoms with Crippen molar-refractivity contribution in [1.82, 2.24) is 4.90 Å². The zero-order valence-electron chi connectivity index (χ0n) is 12.4.